The van der Waals surface area contributed by atoms with Gasteiger partial charge in [-0.05, 0) is 61.2 Å². The number of benzene rings is 2. The highest BCUT2D eigenvalue weighted by molar-refractivity contribution is 5.90. The number of piperidine rings is 1. The van der Waals surface area contributed by atoms with Gasteiger partial charge >= 0.3 is 6.18 Å². The molecule has 1 aliphatic rings. The predicted octanol–water partition coefficient (Wildman–Crippen LogP) is 5.23. The topological polar surface area (TPSA) is 92.3 Å². The molecular formula is C25H26F4N6O2. The van der Waals surface area contributed by atoms with Gasteiger partial charge in [-0.3, -0.25) is 4.79 Å². The molecule has 1 fully saturated rings. The Kier molecular flexibility index (Phi) is 7.86. The van der Waals surface area contributed by atoms with E-state index in [4.69, 9.17) is 4.74 Å². The van der Waals surface area contributed by atoms with E-state index in [1.54, 1.807) is 12.1 Å². The lowest BCUT2D eigenvalue weighted by Crippen LogP contribution is -2.38. The summed E-state index contributed by atoms with van der Waals surface area (Å²) >= 11 is 0. The van der Waals surface area contributed by atoms with Crippen LogP contribution < -0.4 is 15.5 Å². The minimum atomic E-state index is -4.62. The van der Waals surface area contributed by atoms with Crippen molar-refractivity contribution in [1.82, 2.24) is 15.0 Å². The molecular weight excluding hydrogens is 492 g/mol. The number of hydrogen-bond donors (Lipinski definition) is 2. The first-order valence-electron chi connectivity index (χ1n) is 11.6. The van der Waals surface area contributed by atoms with Crippen molar-refractivity contribution in [1.29, 1.82) is 0 Å². The number of nitrogens with zero attached hydrogens (tertiary/aromatic N) is 4. The minimum Gasteiger partial charge on any atom is -0.373 e. The molecule has 0 aliphatic carbocycles. The smallest absolute Gasteiger partial charge is 0.373 e. The molecule has 0 spiro atoms. The van der Waals surface area contributed by atoms with Crippen LogP contribution in [0.2, 0.25) is 0 Å². The Labute approximate surface area is 211 Å². The molecule has 8 nitrogen and oxygen atoms in total. The quantitative estimate of drug-likeness (QED) is 0.414. The molecule has 0 atom stereocenters. The maximum Gasteiger partial charge on any atom is 0.416 e. The van der Waals surface area contributed by atoms with Crippen molar-refractivity contribution in [3.63, 3.8) is 0 Å². The van der Waals surface area contributed by atoms with Gasteiger partial charge in [0.1, 0.15) is 12.1 Å². The van der Waals surface area contributed by atoms with Crippen molar-refractivity contribution >= 4 is 29.2 Å². The third-order valence-corrected chi connectivity index (χ3v) is 5.95. The van der Waals surface area contributed by atoms with Crippen molar-refractivity contribution < 1.29 is 27.1 Å². The van der Waals surface area contributed by atoms with Crippen molar-refractivity contribution in [2.45, 2.75) is 45.6 Å². The first-order chi connectivity index (χ1) is 17.6. The van der Waals surface area contributed by atoms with Gasteiger partial charge in [0.05, 0.1) is 18.3 Å². The molecule has 0 bridgehead atoms. The van der Waals surface area contributed by atoms with Gasteiger partial charge in [0, 0.05) is 31.4 Å². The largest absolute Gasteiger partial charge is 0.416 e. The van der Waals surface area contributed by atoms with Gasteiger partial charge < -0.3 is 20.3 Å². The average molecular weight is 519 g/mol. The normalized spacial score (nSPS) is 14.5. The number of halogens is 4. The van der Waals surface area contributed by atoms with Crippen LogP contribution in [-0.2, 0) is 22.3 Å². The Morgan fingerprint density at radius 3 is 2.57 bits per heavy atom. The second kappa shape index (κ2) is 11.1. The molecule has 1 amide bonds. The van der Waals surface area contributed by atoms with Crippen LogP contribution in [0.4, 0.5) is 40.8 Å². The van der Waals surface area contributed by atoms with Crippen molar-refractivity contribution in [2.75, 3.05) is 28.6 Å². The number of nitrogens with one attached hydrogen (secondary N) is 2. The number of aromatic nitrogens is 3. The van der Waals surface area contributed by atoms with Gasteiger partial charge in [0.2, 0.25) is 17.8 Å². The lowest BCUT2D eigenvalue weighted by Gasteiger charge is -2.32. The number of ether oxygens (including phenoxy) is 1. The van der Waals surface area contributed by atoms with Crippen LogP contribution in [0.25, 0.3) is 0 Å². The van der Waals surface area contributed by atoms with E-state index in [0.717, 1.165) is 23.4 Å². The van der Waals surface area contributed by atoms with Gasteiger partial charge in [0.25, 0.3) is 0 Å². The summed E-state index contributed by atoms with van der Waals surface area (Å²) in [5.41, 5.74) is 1.36. The molecule has 3 aromatic rings. The number of alkyl halides is 3. The molecule has 2 heterocycles. The third kappa shape index (κ3) is 6.91. The van der Waals surface area contributed by atoms with E-state index in [9.17, 15) is 22.4 Å². The van der Waals surface area contributed by atoms with Crippen molar-refractivity contribution in [3.8, 4) is 0 Å². The number of rotatable bonds is 7. The highest BCUT2D eigenvalue weighted by atomic mass is 19.4. The Hall–Kier alpha value is -3.80. The summed E-state index contributed by atoms with van der Waals surface area (Å²) in [6, 6.07) is 7.89. The fourth-order valence-electron chi connectivity index (χ4n) is 4.05. The summed E-state index contributed by atoms with van der Waals surface area (Å²) in [7, 11) is 0. The summed E-state index contributed by atoms with van der Waals surface area (Å²) in [6.07, 6.45) is -2.19. The van der Waals surface area contributed by atoms with E-state index in [-0.39, 0.29) is 24.2 Å². The minimum absolute atomic E-state index is 0.109. The monoisotopic (exact) mass is 518 g/mol. The standard InChI is InChI=1S/C25H26F4N6O2/c1-15-21(32-16(2)36)4-3-5-22(15)33-23-30-14-31-24(34-23)35-8-6-20(7-9-35)37-13-17-10-18(25(27,28)29)12-19(26)11-17/h3-5,10-12,14,20H,6-9,13H2,1-2H3,(H,32,36)(H,30,31,33,34). The van der Waals surface area contributed by atoms with Crippen LogP contribution >= 0.6 is 0 Å². The molecule has 1 aliphatic heterocycles. The first-order valence-corrected chi connectivity index (χ1v) is 11.6. The molecule has 0 radical (unpaired) electrons. The molecule has 196 valence electrons. The van der Waals surface area contributed by atoms with Crippen molar-refractivity contribution in [3.05, 3.63) is 65.2 Å². The van der Waals surface area contributed by atoms with E-state index in [0.29, 0.717) is 49.6 Å². The van der Waals surface area contributed by atoms with E-state index < -0.39 is 17.6 Å². The predicted molar refractivity (Wildman–Crippen MR) is 130 cm³/mol. The van der Waals surface area contributed by atoms with Gasteiger partial charge in [-0.2, -0.15) is 18.2 Å². The Balaban J connectivity index is 1.34. The maximum absolute atomic E-state index is 13.6. The summed E-state index contributed by atoms with van der Waals surface area (Å²) < 4.78 is 58.2. The second-order valence-electron chi connectivity index (χ2n) is 8.74. The van der Waals surface area contributed by atoms with Gasteiger partial charge in [-0.1, -0.05) is 6.07 Å². The van der Waals surface area contributed by atoms with E-state index >= 15 is 0 Å². The Morgan fingerprint density at radius 2 is 1.86 bits per heavy atom. The SMILES string of the molecule is CC(=O)Nc1cccc(Nc2ncnc(N3CCC(OCc4cc(F)cc(C(F)(F)F)c4)CC3)n2)c1C. The third-order valence-electron chi connectivity index (χ3n) is 5.95. The molecule has 2 N–H and O–H groups in total. The summed E-state index contributed by atoms with van der Waals surface area (Å²) in [5.74, 6) is -0.291. The van der Waals surface area contributed by atoms with E-state index in [1.165, 1.54) is 13.3 Å². The van der Waals surface area contributed by atoms with Crippen LogP contribution in [0.3, 0.4) is 0 Å². The lowest BCUT2D eigenvalue weighted by atomic mass is 10.1. The Bertz CT molecular complexity index is 1260. The summed E-state index contributed by atoms with van der Waals surface area (Å²) in [5, 5.41) is 5.94. The molecule has 4 rings (SSSR count). The van der Waals surface area contributed by atoms with Crippen LogP contribution in [0.1, 0.15) is 36.5 Å². The van der Waals surface area contributed by atoms with E-state index in [1.807, 2.05) is 17.9 Å². The van der Waals surface area contributed by atoms with Crippen LogP contribution in [0.5, 0.6) is 0 Å². The number of amides is 1. The van der Waals surface area contributed by atoms with Gasteiger partial charge in [-0.15, -0.1) is 0 Å². The fraction of sp³-hybridized carbons (Fsp3) is 0.360. The molecule has 12 heteroatoms. The first kappa shape index (κ1) is 26.3. The summed E-state index contributed by atoms with van der Waals surface area (Å²) in [6.45, 7) is 4.35. The number of hydrogen-bond acceptors (Lipinski definition) is 7. The second-order valence-corrected chi connectivity index (χ2v) is 8.74. The molecule has 37 heavy (non-hydrogen) atoms. The highest BCUT2D eigenvalue weighted by Gasteiger charge is 2.31. The summed E-state index contributed by atoms with van der Waals surface area (Å²) in [4.78, 5) is 26.3. The van der Waals surface area contributed by atoms with Crippen LogP contribution in [0, 0.1) is 12.7 Å². The average Bonchev–Trinajstić information content (AvgIpc) is 2.85. The molecule has 0 unspecified atom stereocenters. The number of carbonyl (C=O) groups is 1. The lowest BCUT2D eigenvalue weighted by molar-refractivity contribution is -0.137. The maximum atomic E-state index is 13.6. The van der Waals surface area contributed by atoms with Crippen LogP contribution in [0.15, 0.2) is 42.7 Å². The Morgan fingerprint density at radius 1 is 1.14 bits per heavy atom. The molecule has 0 saturated carbocycles. The fourth-order valence-corrected chi connectivity index (χ4v) is 4.05. The zero-order valence-electron chi connectivity index (χ0n) is 20.3. The highest BCUT2D eigenvalue weighted by Crippen LogP contribution is 2.31. The molecule has 2 aromatic carbocycles. The number of carbonyl (C=O) groups excluding carboxylic acids is 1. The number of anilines is 4. The van der Waals surface area contributed by atoms with Crippen molar-refractivity contribution in [2.24, 2.45) is 0 Å². The zero-order valence-corrected chi connectivity index (χ0v) is 20.3. The van der Waals surface area contributed by atoms with Gasteiger partial charge in [0.15, 0.2) is 0 Å². The molecule has 1 saturated heterocycles. The molecule has 1 aromatic heterocycles. The van der Waals surface area contributed by atoms with Gasteiger partial charge in [-0.25, -0.2) is 14.4 Å². The zero-order chi connectivity index (χ0) is 26.6. The van der Waals surface area contributed by atoms with E-state index in [2.05, 4.69) is 25.6 Å². The van der Waals surface area contributed by atoms with Crippen LogP contribution in [-0.4, -0.2) is 40.1 Å².